The summed E-state index contributed by atoms with van der Waals surface area (Å²) in [5, 5.41) is 0. The Morgan fingerprint density at radius 3 is 2.71 bits per heavy atom. The van der Waals surface area contributed by atoms with E-state index in [1.807, 2.05) is 0 Å². The number of para-hydroxylation sites is 1. The highest BCUT2D eigenvalue weighted by atomic mass is 15.2. The summed E-state index contributed by atoms with van der Waals surface area (Å²) in [5.74, 6) is 0. The maximum atomic E-state index is 5.79. The van der Waals surface area contributed by atoms with Crippen LogP contribution in [0.5, 0.6) is 0 Å². The Hall–Kier alpha value is -1.02. The number of nitrogens with zero attached hydrogens (tertiary/aromatic N) is 1. The Labute approximate surface area is 85.7 Å². The molecule has 1 saturated heterocycles. The van der Waals surface area contributed by atoms with Crippen molar-refractivity contribution in [2.75, 3.05) is 18.0 Å². The van der Waals surface area contributed by atoms with E-state index in [4.69, 9.17) is 5.73 Å². The largest absolute Gasteiger partial charge is 0.367 e. The van der Waals surface area contributed by atoms with Gasteiger partial charge in [-0.1, -0.05) is 18.2 Å². The van der Waals surface area contributed by atoms with Gasteiger partial charge in [0.2, 0.25) is 0 Å². The zero-order valence-electron chi connectivity index (χ0n) is 8.52. The molecule has 1 heterocycles. The van der Waals surface area contributed by atoms with Gasteiger partial charge in [0.15, 0.2) is 0 Å². The minimum absolute atomic E-state index is 0.547. The van der Waals surface area contributed by atoms with Crippen LogP contribution in [-0.4, -0.2) is 19.1 Å². The second kappa shape index (κ2) is 4.47. The van der Waals surface area contributed by atoms with Crippen molar-refractivity contribution in [3.63, 3.8) is 0 Å². The number of nitrogens with two attached hydrogens (primary N) is 1. The number of hydrogen-bond acceptors (Lipinski definition) is 2. The molecule has 2 rings (SSSR count). The van der Waals surface area contributed by atoms with Gasteiger partial charge in [0.1, 0.15) is 0 Å². The fourth-order valence-electron chi connectivity index (χ4n) is 2.20. The van der Waals surface area contributed by atoms with Gasteiger partial charge in [0, 0.05) is 24.8 Å². The van der Waals surface area contributed by atoms with Crippen LogP contribution in [0.15, 0.2) is 30.3 Å². The molecular weight excluding hydrogens is 172 g/mol. The van der Waals surface area contributed by atoms with Gasteiger partial charge in [0.25, 0.3) is 0 Å². The zero-order valence-corrected chi connectivity index (χ0v) is 8.52. The fraction of sp³-hybridized carbons (Fsp3) is 0.500. The molecule has 0 bridgehead atoms. The van der Waals surface area contributed by atoms with Gasteiger partial charge in [-0.05, 0) is 31.4 Å². The summed E-state index contributed by atoms with van der Waals surface area (Å²) >= 11 is 0. The highest BCUT2D eigenvalue weighted by molar-refractivity contribution is 5.47. The number of hydrogen-bond donors (Lipinski definition) is 1. The van der Waals surface area contributed by atoms with E-state index in [0.717, 1.165) is 13.1 Å². The molecule has 2 N–H and O–H groups in total. The molecular formula is C12H18N2. The first kappa shape index (κ1) is 9.53. The number of anilines is 1. The van der Waals surface area contributed by atoms with E-state index in [2.05, 4.69) is 35.2 Å². The van der Waals surface area contributed by atoms with Gasteiger partial charge in [-0.2, -0.15) is 0 Å². The van der Waals surface area contributed by atoms with Crippen molar-refractivity contribution < 1.29 is 0 Å². The van der Waals surface area contributed by atoms with Crippen LogP contribution in [0.25, 0.3) is 0 Å². The van der Waals surface area contributed by atoms with E-state index in [-0.39, 0.29) is 0 Å². The summed E-state index contributed by atoms with van der Waals surface area (Å²) in [6.45, 7) is 1.93. The lowest BCUT2D eigenvalue weighted by atomic mass is 10.0. The first-order valence-corrected chi connectivity index (χ1v) is 5.43. The van der Waals surface area contributed by atoms with Crippen LogP contribution in [0.4, 0.5) is 5.69 Å². The Morgan fingerprint density at radius 2 is 2.00 bits per heavy atom. The normalized spacial score (nSPS) is 22.4. The standard InChI is InChI=1S/C12H18N2/c13-10-12-8-4-5-9-14(12)11-6-2-1-3-7-11/h1-3,6-7,12H,4-5,8-10,13H2/t12-/m0/s1. The third-order valence-corrected chi connectivity index (χ3v) is 2.99. The van der Waals surface area contributed by atoms with Crippen molar-refractivity contribution >= 4 is 5.69 Å². The van der Waals surface area contributed by atoms with E-state index in [1.165, 1.54) is 24.9 Å². The lowest BCUT2D eigenvalue weighted by Gasteiger charge is -2.36. The average Bonchev–Trinajstić information content (AvgIpc) is 2.30. The van der Waals surface area contributed by atoms with Crippen LogP contribution in [0, 0.1) is 0 Å². The molecule has 0 saturated carbocycles. The van der Waals surface area contributed by atoms with Crippen molar-refractivity contribution in [2.24, 2.45) is 5.73 Å². The minimum atomic E-state index is 0.547. The van der Waals surface area contributed by atoms with Crippen LogP contribution in [0.2, 0.25) is 0 Å². The third kappa shape index (κ3) is 1.90. The lowest BCUT2D eigenvalue weighted by molar-refractivity contribution is 0.465. The smallest absolute Gasteiger partial charge is 0.0412 e. The van der Waals surface area contributed by atoms with Crippen LogP contribution in [0.3, 0.4) is 0 Å². The van der Waals surface area contributed by atoms with E-state index < -0.39 is 0 Å². The highest BCUT2D eigenvalue weighted by Gasteiger charge is 2.20. The molecule has 76 valence electrons. The number of rotatable bonds is 2. The fourth-order valence-corrected chi connectivity index (χ4v) is 2.20. The SMILES string of the molecule is NC[C@@H]1CCCCN1c1ccccc1. The molecule has 0 unspecified atom stereocenters. The van der Waals surface area contributed by atoms with E-state index in [9.17, 15) is 0 Å². The molecule has 0 aliphatic carbocycles. The molecule has 1 aliphatic heterocycles. The van der Waals surface area contributed by atoms with E-state index in [0.29, 0.717) is 6.04 Å². The Morgan fingerprint density at radius 1 is 1.21 bits per heavy atom. The quantitative estimate of drug-likeness (QED) is 0.773. The van der Waals surface area contributed by atoms with Crippen molar-refractivity contribution in [3.05, 3.63) is 30.3 Å². The molecule has 0 radical (unpaired) electrons. The lowest BCUT2D eigenvalue weighted by Crippen LogP contribution is -2.44. The zero-order chi connectivity index (χ0) is 9.80. The molecule has 1 aromatic carbocycles. The molecule has 2 heteroatoms. The van der Waals surface area contributed by atoms with Crippen LogP contribution in [0.1, 0.15) is 19.3 Å². The maximum Gasteiger partial charge on any atom is 0.0412 e. The molecule has 1 aliphatic rings. The van der Waals surface area contributed by atoms with Gasteiger partial charge in [-0.25, -0.2) is 0 Å². The molecule has 2 nitrogen and oxygen atoms in total. The molecule has 0 spiro atoms. The average molecular weight is 190 g/mol. The van der Waals surface area contributed by atoms with Gasteiger partial charge in [0.05, 0.1) is 0 Å². The van der Waals surface area contributed by atoms with Crippen LogP contribution in [-0.2, 0) is 0 Å². The van der Waals surface area contributed by atoms with Crippen LogP contribution < -0.4 is 10.6 Å². The van der Waals surface area contributed by atoms with Gasteiger partial charge in [-0.15, -0.1) is 0 Å². The summed E-state index contributed by atoms with van der Waals surface area (Å²) in [7, 11) is 0. The summed E-state index contributed by atoms with van der Waals surface area (Å²) in [6.07, 6.45) is 3.86. The predicted octanol–water partition coefficient (Wildman–Crippen LogP) is 2.00. The van der Waals surface area contributed by atoms with Crippen molar-refractivity contribution in [1.82, 2.24) is 0 Å². The Kier molecular flexibility index (Phi) is 3.04. The predicted molar refractivity (Wildman–Crippen MR) is 60.5 cm³/mol. The molecule has 0 aromatic heterocycles. The summed E-state index contributed by atoms with van der Waals surface area (Å²) in [5.41, 5.74) is 7.11. The summed E-state index contributed by atoms with van der Waals surface area (Å²) in [6, 6.07) is 11.1. The first-order chi connectivity index (χ1) is 6.92. The van der Waals surface area contributed by atoms with Crippen molar-refractivity contribution in [3.8, 4) is 0 Å². The van der Waals surface area contributed by atoms with E-state index >= 15 is 0 Å². The first-order valence-electron chi connectivity index (χ1n) is 5.43. The van der Waals surface area contributed by atoms with Crippen LogP contribution >= 0.6 is 0 Å². The molecule has 0 amide bonds. The topological polar surface area (TPSA) is 29.3 Å². The third-order valence-electron chi connectivity index (χ3n) is 2.99. The molecule has 1 atom stereocenters. The minimum Gasteiger partial charge on any atom is -0.367 e. The van der Waals surface area contributed by atoms with Gasteiger partial charge < -0.3 is 10.6 Å². The number of piperidine rings is 1. The Bertz CT molecular complexity index is 271. The monoisotopic (exact) mass is 190 g/mol. The van der Waals surface area contributed by atoms with Crippen molar-refractivity contribution in [1.29, 1.82) is 0 Å². The Balaban J connectivity index is 2.15. The van der Waals surface area contributed by atoms with Gasteiger partial charge in [-0.3, -0.25) is 0 Å². The maximum absolute atomic E-state index is 5.79. The summed E-state index contributed by atoms with van der Waals surface area (Å²) < 4.78 is 0. The molecule has 14 heavy (non-hydrogen) atoms. The van der Waals surface area contributed by atoms with Crippen molar-refractivity contribution in [2.45, 2.75) is 25.3 Å². The number of benzene rings is 1. The van der Waals surface area contributed by atoms with Gasteiger partial charge >= 0.3 is 0 Å². The molecule has 1 fully saturated rings. The summed E-state index contributed by atoms with van der Waals surface area (Å²) in [4.78, 5) is 2.45. The second-order valence-electron chi connectivity index (χ2n) is 3.91. The molecule has 1 aromatic rings. The van der Waals surface area contributed by atoms with E-state index in [1.54, 1.807) is 0 Å². The second-order valence-corrected chi connectivity index (χ2v) is 3.91. The highest BCUT2D eigenvalue weighted by Crippen LogP contribution is 2.23.